The zero-order valence-electron chi connectivity index (χ0n) is 10.2. The number of fused-ring (bicyclic) bond motifs is 1. The van der Waals surface area contributed by atoms with Gasteiger partial charge in [0.1, 0.15) is 16.0 Å². The summed E-state index contributed by atoms with van der Waals surface area (Å²) in [5, 5.41) is 0.929. The molecule has 0 aliphatic carbocycles. The summed E-state index contributed by atoms with van der Waals surface area (Å²) in [6.45, 7) is 2.81. The molecule has 4 nitrogen and oxygen atoms in total. The summed E-state index contributed by atoms with van der Waals surface area (Å²) in [4.78, 5) is 4.54. The second-order valence-electron chi connectivity index (χ2n) is 4.23. The number of hydrogen-bond donors (Lipinski definition) is 0. The molecule has 1 fully saturated rings. The van der Waals surface area contributed by atoms with Gasteiger partial charge in [-0.3, -0.25) is 0 Å². The fourth-order valence-electron chi connectivity index (χ4n) is 1.96. The van der Waals surface area contributed by atoms with Crippen LogP contribution >= 0.6 is 27.3 Å². The highest BCUT2D eigenvalue weighted by Crippen LogP contribution is 2.26. The largest absolute Gasteiger partial charge is 0.379 e. The Kier molecular flexibility index (Phi) is 4.28. The molecule has 1 aromatic heterocycles. The van der Waals surface area contributed by atoms with Gasteiger partial charge in [-0.1, -0.05) is 15.9 Å². The number of hydrogen-bond acceptors (Lipinski definition) is 4. The van der Waals surface area contributed by atoms with E-state index in [-0.39, 0.29) is 0 Å². The predicted molar refractivity (Wildman–Crippen MR) is 81.6 cm³/mol. The Bertz CT molecular complexity index is 611. The van der Waals surface area contributed by atoms with Crippen LogP contribution in [0.3, 0.4) is 0 Å². The summed E-state index contributed by atoms with van der Waals surface area (Å²) < 4.78 is 21.7. The molecule has 1 unspecified atom stereocenters. The molecule has 2 heterocycles. The maximum atomic E-state index is 12.3. The first-order valence-electron chi connectivity index (χ1n) is 5.98. The molecule has 0 radical (unpaired) electrons. The molecule has 0 N–H and O–H groups in total. The highest BCUT2D eigenvalue weighted by Gasteiger charge is 2.18. The SMILES string of the molecule is O=S(Cc1nc2ccc(Br)cc2s1)N1CCOCC1. The Morgan fingerprint density at radius 1 is 1.42 bits per heavy atom. The number of thiazole rings is 1. The Morgan fingerprint density at radius 2 is 2.21 bits per heavy atom. The van der Waals surface area contributed by atoms with E-state index in [4.69, 9.17) is 4.74 Å². The van der Waals surface area contributed by atoms with Gasteiger partial charge in [-0.2, -0.15) is 0 Å². The average Bonchev–Trinajstić information content (AvgIpc) is 2.81. The van der Waals surface area contributed by atoms with Crippen LogP contribution in [0.4, 0.5) is 0 Å². The summed E-state index contributed by atoms with van der Waals surface area (Å²) in [6, 6.07) is 6.01. The van der Waals surface area contributed by atoms with Gasteiger partial charge in [-0.25, -0.2) is 13.5 Å². The fourth-order valence-corrected chi connectivity index (χ4v) is 4.82. The first-order valence-corrected chi connectivity index (χ1v) is 8.87. The van der Waals surface area contributed by atoms with Crippen LogP contribution in [-0.2, 0) is 21.5 Å². The number of benzene rings is 1. The van der Waals surface area contributed by atoms with E-state index in [1.54, 1.807) is 11.3 Å². The third-order valence-corrected chi connectivity index (χ3v) is 6.06. The first-order chi connectivity index (χ1) is 9.22. The standard InChI is InChI=1S/C12H13BrN2O2S2/c13-9-1-2-10-11(7-9)18-12(14-10)8-19(16)15-3-5-17-6-4-15/h1-2,7H,3-6,8H2. The lowest BCUT2D eigenvalue weighted by molar-refractivity contribution is 0.0751. The van der Waals surface area contributed by atoms with E-state index < -0.39 is 11.0 Å². The second-order valence-corrected chi connectivity index (χ2v) is 7.71. The molecule has 7 heteroatoms. The van der Waals surface area contributed by atoms with E-state index in [9.17, 15) is 4.21 Å². The van der Waals surface area contributed by atoms with E-state index in [2.05, 4.69) is 20.9 Å². The van der Waals surface area contributed by atoms with Gasteiger partial charge >= 0.3 is 0 Å². The molecule has 1 aliphatic heterocycles. The normalized spacial score (nSPS) is 18.8. The van der Waals surface area contributed by atoms with Gasteiger partial charge in [0.25, 0.3) is 0 Å². The van der Waals surface area contributed by atoms with Crippen LogP contribution in [0.5, 0.6) is 0 Å². The van der Waals surface area contributed by atoms with Crippen molar-refractivity contribution in [3.8, 4) is 0 Å². The summed E-state index contributed by atoms with van der Waals surface area (Å²) in [5.41, 5.74) is 0.974. The fraction of sp³-hybridized carbons (Fsp3) is 0.417. The second kappa shape index (κ2) is 5.97. The molecular weight excluding hydrogens is 348 g/mol. The molecule has 1 saturated heterocycles. The Balaban J connectivity index is 1.75. The summed E-state index contributed by atoms with van der Waals surface area (Å²) >= 11 is 5.06. The van der Waals surface area contributed by atoms with Gasteiger partial charge in [0.05, 0.1) is 29.2 Å². The maximum absolute atomic E-state index is 12.3. The van der Waals surface area contributed by atoms with E-state index in [1.165, 1.54) is 0 Å². The number of nitrogens with zero attached hydrogens (tertiary/aromatic N) is 2. The molecule has 19 heavy (non-hydrogen) atoms. The molecule has 0 amide bonds. The van der Waals surface area contributed by atoms with Gasteiger partial charge in [0.2, 0.25) is 0 Å². The van der Waals surface area contributed by atoms with Crippen molar-refractivity contribution in [2.75, 3.05) is 26.3 Å². The van der Waals surface area contributed by atoms with Crippen molar-refractivity contribution in [1.82, 2.24) is 9.29 Å². The lowest BCUT2D eigenvalue weighted by Crippen LogP contribution is -2.37. The zero-order chi connectivity index (χ0) is 13.2. The van der Waals surface area contributed by atoms with Crippen LogP contribution in [0, 0.1) is 0 Å². The molecule has 0 spiro atoms. The third-order valence-electron chi connectivity index (χ3n) is 2.90. The van der Waals surface area contributed by atoms with Crippen molar-refractivity contribution in [3.63, 3.8) is 0 Å². The van der Waals surface area contributed by atoms with E-state index in [1.807, 2.05) is 22.5 Å². The lowest BCUT2D eigenvalue weighted by Gasteiger charge is -2.24. The smallest absolute Gasteiger partial charge is 0.108 e. The Morgan fingerprint density at radius 3 is 3.00 bits per heavy atom. The monoisotopic (exact) mass is 360 g/mol. The van der Waals surface area contributed by atoms with Crippen molar-refractivity contribution < 1.29 is 8.95 Å². The van der Waals surface area contributed by atoms with E-state index in [0.717, 1.165) is 32.8 Å². The number of ether oxygens (including phenoxy) is 1. The van der Waals surface area contributed by atoms with Crippen LogP contribution in [0.1, 0.15) is 5.01 Å². The zero-order valence-corrected chi connectivity index (χ0v) is 13.4. The van der Waals surface area contributed by atoms with E-state index in [0.29, 0.717) is 19.0 Å². The molecule has 2 aromatic rings. The van der Waals surface area contributed by atoms with Crippen molar-refractivity contribution in [2.45, 2.75) is 5.75 Å². The molecule has 0 bridgehead atoms. The number of morpholine rings is 1. The van der Waals surface area contributed by atoms with Crippen molar-refractivity contribution >= 4 is 48.5 Å². The average molecular weight is 361 g/mol. The minimum atomic E-state index is -1.000. The van der Waals surface area contributed by atoms with Crippen LogP contribution in [-0.4, -0.2) is 39.8 Å². The topological polar surface area (TPSA) is 42.4 Å². The lowest BCUT2D eigenvalue weighted by atomic mass is 10.3. The Hall–Kier alpha value is -0.340. The molecule has 0 saturated carbocycles. The third kappa shape index (κ3) is 3.22. The van der Waals surface area contributed by atoms with E-state index >= 15 is 0 Å². The van der Waals surface area contributed by atoms with Gasteiger partial charge in [-0.05, 0) is 18.2 Å². The van der Waals surface area contributed by atoms with Gasteiger partial charge < -0.3 is 4.74 Å². The summed E-state index contributed by atoms with van der Waals surface area (Å²) in [5.74, 6) is 0.497. The molecule has 3 rings (SSSR count). The number of halogens is 1. The van der Waals surface area contributed by atoms with Crippen molar-refractivity contribution in [2.24, 2.45) is 0 Å². The van der Waals surface area contributed by atoms with Crippen LogP contribution in [0.25, 0.3) is 10.2 Å². The molecular formula is C12H13BrN2O2S2. The molecule has 1 aliphatic rings. The predicted octanol–water partition coefficient (Wildman–Crippen LogP) is 2.55. The molecule has 1 aromatic carbocycles. The summed E-state index contributed by atoms with van der Waals surface area (Å²) in [7, 11) is -1.000. The van der Waals surface area contributed by atoms with Gasteiger partial charge in [-0.15, -0.1) is 11.3 Å². The van der Waals surface area contributed by atoms with Gasteiger partial charge in [0, 0.05) is 17.6 Å². The minimum Gasteiger partial charge on any atom is -0.379 e. The number of aromatic nitrogens is 1. The van der Waals surface area contributed by atoms with Crippen LogP contribution in [0.15, 0.2) is 22.7 Å². The maximum Gasteiger partial charge on any atom is 0.108 e. The minimum absolute atomic E-state index is 0.497. The quantitative estimate of drug-likeness (QED) is 0.844. The Labute approximate surface area is 126 Å². The highest BCUT2D eigenvalue weighted by atomic mass is 79.9. The van der Waals surface area contributed by atoms with Crippen molar-refractivity contribution in [3.05, 3.63) is 27.7 Å². The number of rotatable bonds is 3. The van der Waals surface area contributed by atoms with Crippen molar-refractivity contribution in [1.29, 1.82) is 0 Å². The first kappa shape index (κ1) is 13.6. The van der Waals surface area contributed by atoms with Gasteiger partial charge in [0.15, 0.2) is 0 Å². The van der Waals surface area contributed by atoms with Crippen LogP contribution < -0.4 is 0 Å². The highest BCUT2D eigenvalue weighted by molar-refractivity contribution is 9.10. The molecule has 102 valence electrons. The molecule has 1 atom stereocenters. The summed E-state index contributed by atoms with van der Waals surface area (Å²) in [6.07, 6.45) is 0. The van der Waals surface area contributed by atoms with Crippen LogP contribution in [0.2, 0.25) is 0 Å².